The van der Waals surface area contributed by atoms with Crippen LogP contribution in [0.5, 0.6) is 11.5 Å². The molecular formula is C22H23N3O4. The zero-order valence-electron chi connectivity index (χ0n) is 16.7. The molecule has 7 heteroatoms. The summed E-state index contributed by atoms with van der Waals surface area (Å²) in [6.07, 6.45) is 1.31. The fraction of sp³-hybridized carbons (Fsp3) is 0.318. The number of aromatic nitrogens is 2. The molecule has 0 spiro atoms. The van der Waals surface area contributed by atoms with Crippen molar-refractivity contribution < 1.29 is 18.8 Å². The molecule has 0 bridgehead atoms. The Labute approximate surface area is 169 Å². The maximum Gasteiger partial charge on any atom is 0.257 e. The van der Waals surface area contributed by atoms with Gasteiger partial charge in [-0.25, -0.2) is 0 Å². The minimum Gasteiger partial charge on any atom is -0.493 e. The van der Waals surface area contributed by atoms with Gasteiger partial charge in [-0.15, -0.1) is 0 Å². The molecule has 1 unspecified atom stereocenters. The van der Waals surface area contributed by atoms with E-state index in [0.29, 0.717) is 36.2 Å². The van der Waals surface area contributed by atoms with Gasteiger partial charge in [0.1, 0.15) is 0 Å². The lowest BCUT2D eigenvalue weighted by atomic mass is 10.1. The average molecular weight is 393 g/mol. The van der Waals surface area contributed by atoms with Crippen LogP contribution in [0.15, 0.2) is 47.0 Å². The van der Waals surface area contributed by atoms with Crippen molar-refractivity contribution in [1.82, 2.24) is 10.1 Å². The lowest BCUT2D eigenvalue weighted by Crippen LogP contribution is -2.24. The van der Waals surface area contributed by atoms with Crippen molar-refractivity contribution in [2.24, 2.45) is 0 Å². The summed E-state index contributed by atoms with van der Waals surface area (Å²) in [5.41, 5.74) is 2.89. The Kier molecular flexibility index (Phi) is 5.20. The highest BCUT2D eigenvalue weighted by Crippen LogP contribution is 2.36. The van der Waals surface area contributed by atoms with Crippen molar-refractivity contribution in [2.75, 3.05) is 25.7 Å². The topological polar surface area (TPSA) is 77.7 Å². The number of methoxy groups -OCH3 is 2. The Morgan fingerprint density at radius 1 is 1.10 bits per heavy atom. The minimum atomic E-state index is -0.122. The van der Waals surface area contributed by atoms with Gasteiger partial charge in [-0.2, -0.15) is 4.98 Å². The molecule has 0 N–H and O–H groups in total. The van der Waals surface area contributed by atoms with Gasteiger partial charge in [0, 0.05) is 36.2 Å². The second-order valence-electron chi connectivity index (χ2n) is 6.95. The number of hydrogen-bond donors (Lipinski definition) is 0. The molecule has 7 nitrogen and oxygen atoms in total. The molecule has 2 aromatic carbocycles. The number of benzene rings is 2. The van der Waals surface area contributed by atoms with Gasteiger partial charge < -0.3 is 18.9 Å². The van der Waals surface area contributed by atoms with Crippen LogP contribution in [-0.4, -0.2) is 36.8 Å². The van der Waals surface area contributed by atoms with Crippen LogP contribution >= 0.6 is 0 Å². The van der Waals surface area contributed by atoms with Gasteiger partial charge in [0.25, 0.3) is 5.89 Å². The van der Waals surface area contributed by atoms with Crippen LogP contribution in [0, 0.1) is 0 Å². The standard InChI is InChI=1S/C22H23N3O4/c1-4-14-5-7-15(8-6-14)22-23-21(24-29-22)16-11-20(26)25(13-16)17-9-10-18(27-2)19(12-17)28-3/h5-10,12,16H,4,11,13H2,1-3H3. The third-order valence-corrected chi connectivity index (χ3v) is 5.22. The van der Waals surface area contributed by atoms with Crippen LogP contribution in [-0.2, 0) is 11.2 Å². The van der Waals surface area contributed by atoms with E-state index in [0.717, 1.165) is 17.7 Å². The SMILES string of the molecule is CCc1ccc(-c2nc(C3CC(=O)N(c4ccc(OC)c(OC)c4)C3)no2)cc1. The number of anilines is 1. The highest BCUT2D eigenvalue weighted by atomic mass is 16.5. The molecule has 1 aliphatic rings. The first-order valence-electron chi connectivity index (χ1n) is 9.58. The summed E-state index contributed by atoms with van der Waals surface area (Å²) in [5, 5.41) is 4.13. The van der Waals surface area contributed by atoms with E-state index in [1.165, 1.54) is 5.56 Å². The molecule has 1 aliphatic heterocycles. The Hall–Kier alpha value is -3.35. The minimum absolute atomic E-state index is 0.0147. The predicted molar refractivity (Wildman–Crippen MR) is 108 cm³/mol. The molecule has 4 rings (SSSR count). The van der Waals surface area contributed by atoms with Crippen molar-refractivity contribution in [2.45, 2.75) is 25.7 Å². The van der Waals surface area contributed by atoms with E-state index in [1.807, 2.05) is 18.2 Å². The average Bonchev–Trinajstić information content (AvgIpc) is 3.40. The lowest BCUT2D eigenvalue weighted by molar-refractivity contribution is -0.117. The van der Waals surface area contributed by atoms with Crippen molar-refractivity contribution in [3.8, 4) is 23.0 Å². The molecule has 29 heavy (non-hydrogen) atoms. The summed E-state index contributed by atoms with van der Waals surface area (Å²) in [6.45, 7) is 2.60. The van der Waals surface area contributed by atoms with Crippen molar-refractivity contribution in [3.63, 3.8) is 0 Å². The van der Waals surface area contributed by atoms with Gasteiger partial charge in [0.2, 0.25) is 5.91 Å². The quantitative estimate of drug-likeness (QED) is 0.633. The smallest absolute Gasteiger partial charge is 0.257 e. The molecule has 1 saturated heterocycles. The van der Waals surface area contributed by atoms with E-state index >= 15 is 0 Å². The number of amides is 1. The molecule has 1 aromatic heterocycles. The summed E-state index contributed by atoms with van der Waals surface area (Å²) in [6, 6.07) is 13.5. The van der Waals surface area contributed by atoms with Gasteiger partial charge in [0.05, 0.1) is 14.2 Å². The molecule has 1 atom stereocenters. The summed E-state index contributed by atoms with van der Waals surface area (Å²) < 4.78 is 16.1. The van der Waals surface area contributed by atoms with E-state index in [2.05, 4.69) is 29.2 Å². The molecule has 0 aliphatic carbocycles. The van der Waals surface area contributed by atoms with Crippen LogP contribution in [0.25, 0.3) is 11.5 Å². The van der Waals surface area contributed by atoms with Crippen LogP contribution in [0.1, 0.15) is 30.7 Å². The highest BCUT2D eigenvalue weighted by Gasteiger charge is 2.35. The normalized spacial score (nSPS) is 16.3. The number of ether oxygens (including phenoxy) is 2. The Bertz CT molecular complexity index is 1010. The second kappa shape index (κ2) is 7.95. The largest absolute Gasteiger partial charge is 0.493 e. The maximum atomic E-state index is 12.6. The van der Waals surface area contributed by atoms with Gasteiger partial charge in [-0.1, -0.05) is 24.2 Å². The highest BCUT2D eigenvalue weighted by molar-refractivity contribution is 5.96. The maximum absolute atomic E-state index is 12.6. The molecule has 150 valence electrons. The molecule has 0 saturated carbocycles. The third kappa shape index (κ3) is 3.68. The number of carbonyl (C=O) groups is 1. The Balaban J connectivity index is 1.53. The number of aryl methyl sites for hydroxylation is 1. The first kappa shape index (κ1) is 19.0. The first-order chi connectivity index (χ1) is 14.1. The molecule has 2 heterocycles. The number of hydrogen-bond acceptors (Lipinski definition) is 6. The Morgan fingerprint density at radius 3 is 2.55 bits per heavy atom. The van der Waals surface area contributed by atoms with Crippen LogP contribution in [0.2, 0.25) is 0 Å². The van der Waals surface area contributed by atoms with Gasteiger partial charge in [0.15, 0.2) is 17.3 Å². The zero-order valence-corrected chi connectivity index (χ0v) is 16.7. The van der Waals surface area contributed by atoms with Gasteiger partial charge >= 0.3 is 0 Å². The van der Waals surface area contributed by atoms with E-state index < -0.39 is 0 Å². The van der Waals surface area contributed by atoms with E-state index in [4.69, 9.17) is 14.0 Å². The van der Waals surface area contributed by atoms with Crippen LogP contribution in [0.4, 0.5) is 5.69 Å². The lowest BCUT2D eigenvalue weighted by Gasteiger charge is -2.18. The summed E-state index contributed by atoms with van der Waals surface area (Å²) in [7, 11) is 3.16. The van der Waals surface area contributed by atoms with Gasteiger partial charge in [-0.05, 0) is 36.2 Å². The number of nitrogens with zero attached hydrogens (tertiary/aromatic N) is 3. The van der Waals surface area contributed by atoms with E-state index in [1.54, 1.807) is 31.3 Å². The monoisotopic (exact) mass is 393 g/mol. The third-order valence-electron chi connectivity index (χ3n) is 5.22. The summed E-state index contributed by atoms with van der Waals surface area (Å²) in [4.78, 5) is 18.9. The van der Waals surface area contributed by atoms with Crippen molar-refractivity contribution in [1.29, 1.82) is 0 Å². The molecule has 1 fully saturated rings. The van der Waals surface area contributed by atoms with Crippen LogP contribution < -0.4 is 14.4 Å². The Morgan fingerprint density at radius 2 is 1.86 bits per heavy atom. The number of rotatable bonds is 6. The fourth-order valence-electron chi connectivity index (χ4n) is 3.52. The summed E-state index contributed by atoms with van der Waals surface area (Å²) in [5.74, 6) is 2.12. The van der Waals surface area contributed by atoms with E-state index in [9.17, 15) is 4.79 Å². The van der Waals surface area contributed by atoms with Gasteiger partial charge in [-0.3, -0.25) is 4.79 Å². The predicted octanol–water partition coefficient (Wildman–Crippen LogP) is 3.84. The fourth-order valence-corrected chi connectivity index (χ4v) is 3.52. The molecule has 1 amide bonds. The molecular weight excluding hydrogens is 370 g/mol. The molecule has 3 aromatic rings. The van der Waals surface area contributed by atoms with Crippen molar-refractivity contribution in [3.05, 3.63) is 53.9 Å². The van der Waals surface area contributed by atoms with Crippen LogP contribution in [0.3, 0.4) is 0 Å². The van der Waals surface area contributed by atoms with E-state index in [-0.39, 0.29) is 11.8 Å². The summed E-state index contributed by atoms with van der Waals surface area (Å²) >= 11 is 0. The number of carbonyl (C=O) groups excluding carboxylic acids is 1. The van der Waals surface area contributed by atoms with Crippen molar-refractivity contribution >= 4 is 11.6 Å². The second-order valence-corrected chi connectivity index (χ2v) is 6.95. The molecule has 0 radical (unpaired) electrons. The zero-order chi connectivity index (χ0) is 20.4. The first-order valence-corrected chi connectivity index (χ1v) is 9.58.